The van der Waals surface area contributed by atoms with Crippen molar-refractivity contribution < 1.29 is 9.59 Å². The summed E-state index contributed by atoms with van der Waals surface area (Å²) >= 11 is 0. The third kappa shape index (κ3) is 4.13. The molecule has 2 saturated carbocycles. The lowest BCUT2D eigenvalue weighted by Crippen LogP contribution is -2.21. The zero-order valence-corrected chi connectivity index (χ0v) is 12.1. The molecule has 4 unspecified atom stereocenters. The summed E-state index contributed by atoms with van der Waals surface area (Å²) in [5, 5.41) is 0. The lowest BCUT2D eigenvalue weighted by molar-refractivity contribution is 0.214. The van der Waals surface area contributed by atoms with Crippen LogP contribution in [-0.4, -0.2) is 25.2 Å². The largest absolute Gasteiger partial charge is 0.234 e. The summed E-state index contributed by atoms with van der Waals surface area (Å²) < 4.78 is 0. The molecule has 20 heavy (non-hydrogen) atoms. The molecule has 0 N–H and O–H groups in total. The summed E-state index contributed by atoms with van der Waals surface area (Å²) in [6, 6.07) is 0. The maximum atomic E-state index is 10.1. The number of hydrogen-bond acceptors (Lipinski definition) is 4. The van der Waals surface area contributed by atoms with E-state index in [9.17, 15) is 9.59 Å². The number of isocyanates is 2. The van der Waals surface area contributed by atoms with E-state index in [2.05, 4.69) is 9.98 Å². The average molecular weight is 276 g/mol. The molecule has 0 heterocycles. The summed E-state index contributed by atoms with van der Waals surface area (Å²) in [4.78, 5) is 27.4. The predicted molar refractivity (Wildman–Crippen MR) is 76.9 cm³/mol. The number of nitrogens with zero attached hydrogens (tertiary/aromatic N) is 2. The van der Waals surface area contributed by atoms with Gasteiger partial charge in [-0.15, -0.1) is 0 Å². The summed E-state index contributed by atoms with van der Waals surface area (Å²) in [5.74, 6) is 3.47. The predicted octanol–water partition coefficient (Wildman–Crippen LogP) is 3.27. The highest BCUT2D eigenvalue weighted by molar-refractivity contribution is 5.32. The third-order valence-corrected chi connectivity index (χ3v) is 5.17. The minimum atomic E-state index is 0.631. The number of aliphatic imine (C=N–C) groups is 2. The van der Waals surface area contributed by atoms with Crippen LogP contribution in [0.5, 0.6) is 0 Å². The molecule has 0 aromatic heterocycles. The van der Waals surface area contributed by atoms with Gasteiger partial charge in [-0.1, -0.05) is 19.3 Å². The fraction of sp³-hybridized carbons (Fsp3) is 0.875. The van der Waals surface area contributed by atoms with E-state index in [0.29, 0.717) is 13.1 Å². The Kier molecular flexibility index (Phi) is 6.17. The van der Waals surface area contributed by atoms with Gasteiger partial charge in [0.2, 0.25) is 12.2 Å². The number of rotatable bonds is 9. The minimum Gasteiger partial charge on any atom is -0.211 e. The van der Waals surface area contributed by atoms with Gasteiger partial charge < -0.3 is 0 Å². The van der Waals surface area contributed by atoms with E-state index < -0.39 is 0 Å². The first-order valence-electron chi connectivity index (χ1n) is 7.92. The molecule has 0 spiro atoms. The molecule has 0 aliphatic heterocycles. The Morgan fingerprint density at radius 1 is 0.800 bits per heavy atom. The van der Waals surface area contributed by atoms with Gasteiger partial charge in [0.05, 0.1) is 13.1 Å². The Labute approximate surface area is 120 Å². The van der Waals surface area contributed by atoms with Crippen molar-refractivity contribution in [2.75, 3.05) is 13.1 Å². The molecule has 2 aliphatic carbocycles. The normalized spacial score (nSPS) is 30.8. The van der Waals surface area contributed by atoms with Crippen molar-refractivity contribution in [2.45, 2.75) is 51.4 Å². The molecule has 2 aliphatic rings. The van der Waals surface area contributed by atoms with Crippen LogP contribution in [0.15, 0.2) is 9.98 Å². The van der Waals surface area contributed by atoms with E-state index >= 15 is 0 Å². The first-order valence-corrected chi connectivity index (χ1v) is 7.92. The number of carbonyl (C=O) groups excluding carboxylic acids is 2. The summed E-state index contributed by atoms with van der Waals surface area (Å²) in [7, 11) is 0. The summed E-state index contributed by atoms with van der Waals surface area (Å²) in [5.41, 5.74) is 0. The van der Waals surface area contributed by atoms with Crippen LogP contribution >= 0.6 is 0 Å². The second-order valence-electron chi connectivity index (χ2n) is 6.34. The average Bonchev–Trinajstić information content (AvgIpc) is 3.03. The number of hydrogen-bond donors (Lipinski definition) is 0. The molecule has 110 valence electrons. The molecule has 0 saturated heterocycles. The van der Waals surface area contributed by atoms with Gasteiger partial charge in [-0.2, -0.15) is 0 Å². The van der Waals surface area contributed by atoms with Crippen molar-refractivity contribution in [3.05, 3.63) is 0 Å². The molecule has 2 rings (SSSR count). The third-order valence-electron chi connectivity index (χ3n) is 5.17. The minimum absolute atomic E-state index is 0.631. The molecule has 0 amide bonds. The lowest BCUT2D eigenvalue weighted by atomic mass is 9.77. The van der Waals surface area contributed by atoms with E-state index in [1.165, 1.54) is 38.5 Å². The number of fused-ring (bicyclic) bond motifs is 2. The summed E-state index contributed by atoms with van der Waals surface area (Å²) in [6.45, 7) is 1.29. The fourth-order valence-electron chi connectivity index (χ4n) is 4.41. The Morgan fingerprint density at radius 2 is 1.50 bits per heavy atom. The Bertz CT molecular complexity index is 397. The topological polar surface area (TPSA) is 58.9 Å². The van der Waals surface area contributed by atoms with Crippen LogP contribution in [0.3, 0.4) is 0 Å². The van der Waals surface area contributed by atoms with E-state index in [0.717, 1.165) is 36.5 Å². The van der Waals surface area contributed by atoms with Gasteiger partial charge in [0.15, 0.2) is 0 Å². The van der Waals surface area contributed by atoms with Gasteiger partial charge in [0.25, 0.3) is 0 Å². The second kappa shape index (κ2) is 8.14. The van der Waals surface area contributed by atoms with Gasteiger partial charge in [0, 0.05) is 0 Å². The molecule has 4 nitrogen and oxygen atoms in total. The van der Waals surface area contributed by atoms with E-state index in [-0.39, 0.29) is 0 Å². The summed E-state index contributed by atoms with van der Waals surface area (Å²) in [6.07, 6.45) is 13.2. The van der Waals surface area contributed by atoms with Crippen molar-refractivity contribution in [1.82, 2.24) is 0 Å². The van der Waals surface area contributed by atoms with Crippen LogP contribution in [-0.2, 0) is 9.59 Å². The molecular weight excluding hydrogens is 252 g/mol. The van der Waals surface area contributed by atoms with Crippen molar-refractivity contribution in [3.63, 3.8) is 0 Å². The van der Waals surface area contributed by atoms with Crippen LogP contribution in [0, 0.1) is 23.7 Å². The quantitative estimate of drug-likeness (QED) is 0.368. The zero-order chi connectivity index (χ0) is 14.2. The molecule has 0 radical (unpaired) electrons. The Balaban J connectivity index is 1.66. The molecule has 2 bridgehead atoms. The van der Waals surface area contributed by atoms with Crippen LogP contribution in [0.2, 0.25) is 0 Å². The Morgan fingerprint density at radius 3 is 2.20 bits per heavy atom. The highest BCUT2D eigenvalue weighted by Gasteiger charge is 2.44. The van der Waals surface area contributed by atoms with E-state index in [4.69, 9.17) is 0 Å². The van der Waals surface area contributed by atoms with Crippen LogP contribution in [0.4, 0.5) is 0 Å². The first-order chi connectivity index (χ1) is 9.85. The van der Waals surface area contributed by atoms with E-state index in [1.54, 1.807) is 12.2 Å². The monoisotopic (exact) mass is 276 g/mol. The fourth-order valence-corrected chi connectivity index (χ4v) is 4.41. The molecule has 4 heteroatoms. The van der Waals surface area contributed by atoms with Crippen LogP contribution in [0.25, 0.3) is 0 Å². The maximum Gasteiger partial charge on any atom is 0.234 e. The molecule has 0 aromatic carbocycles. The van der Waals surface area contributed by atoms with E-state index in [1.807, 2.05) is 0 Å². The van der Waals surface area contributed by atoms with Crippen molar-refractivity contribution in [2.24, 2.45) is 33.7 Å². The SMILES string of the molecule is O=C=NCCCCCC1CC2CC(CCN=C=O)C1C2. The van der Waals surface area contributed by atoms with Crippen molar-refractivity contribution >= 4 is 12.2 Å². The second-order valence-corrected chi connectivity index (χ2v) is 6.34. The van der Waals surface area contributed by atoms with Gasteiger partial charge in [0.1, 0.15) is 0 Å². The van der Waals surface area contributed by atoms with Gasteiger partial charge in [-0.3, -0.25) is 0 Å². The highest BCUT2D eigenvalue weighted by atomic mass is 16.1. The standard InChI is InChI=1S/C16H24N2O2/c19-11-17-6-3-1-2-4-14-8-13-9-15(16(14)10-13)5-7-18-12-20/h13-16H,1-10H2. The molecule has 2 fully saturated rings. The van der Waals surface area contributed by atoms with Crippen LogP contribution < -0.4 is 0 Å². The zero-order valence-electron chi connectivity index (χ0n) is 12.1. The van der Waals surface area contributed by atoms with Gasteiger partial charge >= 0.3 is 0 Å². The van der Waals surface area contributed by atoms with Gasteiger partial charge in [-0.25, -0.2) is 19.6 Å². The maximum absolute atomic E-state index is 10.1. The molecular formula is C16H24N2O2. The smallest absolute Gasteiger partial charge is 0.211 e. The Hall–Kier alpha value is -1.24. The highest BCUT2D eigenvalue weighted by Crippen LogP contribution is 2.54. The molecule has 0 aromatic rings. The lowest BCUT2D eigenvalue weighted by Gasteiger charge is -2.29. The number of unbranched alkanes of at least 4 members (excludes halogenated alkanes) is 2. The first kappa shape index (κ1) is 15.2. The van der Waals surface area contributed by atoms with Crippen molar-refractivity contribution in [3.8, 4) is 0 Å². The van der Waals surface area contributed by atoms with Gasteiger partial charge in [-0.05, 0) is 55.8 Å². The van der Waals surface area contributed by atoms with Crippen molar-refractivity contribution in [1.29, 1.82) is 0 Å². The molecule has 4 atom stereocenters. The van der Waals surface area contributed by atoms with Crippen LogP contribution in [0.1, 0.15) is 51.4 Å².